The summed E-state index contributed by atoms with van der Waals surface area (Å²) in [5.74, 6) is 1.20. The first kappa shape index (κ1) is 17.8. The molecule has 1 aliphatic heterocycles. The molecule has 4 rings (SSSR count). The number of thiazole rings is 1. The maximum Gasteiger partial charge on any atom is 0.260 e. The number of amides is 1. The number of hydrogen-bond acceptors (Lipinski definition) is 6. The maximum absolute atomic E-state index is 13.3. The van der Waals surface area contributed by atoms with Crippen LogP contribution in [0.1, 0.15) is 16.8 Å². The molecule has 7 heteroatoms. The number of carbonyl (C=O) groups is 1. The summed E-state index contributed by atoms with van der Waals surface area (Å²) in [7, 11) is 4.06. The molecule has 0 N–H and O–H groups in total. The van der Waals surface area contributed by atoms with Crippen LogP contribution in [-0.2, 0) is 0 Å². The number of nitrogens with zero attached hydrogens (tertiary/aromatic N) is 3. The van der Waals surface area contributed by atoms with E-state index in [1.165, 1.54) is 11.3 Å². The largest absolute Gasteiger partial charge is 0.454 e. The molecule has 3 aromatic rings. The van der Waals surface area contributed by atoms with Gasteiger partial charge < -0.3 is 14.4 Å². The summed E-state index contributed by atoms with van der Waals surface area (Å²) in [5.41, 5.74) is 1.48. The van der Waals surface area contributed by atoms with E-state index >= 15 is 0 Å². The quantitative estimate of drug-likeness (QED) is 0.651. The first-order valence-electron chi connectivity index (χ1n) is 8.83. The van der Waals surface area contributed by atoms with Gasteiger partial charge in [0.05, 0.1) is 10.2 Å². The predicted octanol–water partition coefficient (Wildman–Crippen LogP) is 3.62. The molecule has 2 heterocycles. The molecule has 0 unspecified atom stereocenters. The summed E-state index contributed by atoms with van der Waals surface area (Å²) >= 11 is 1.54. The highest BCUT2D eigenvalue weighted by molar-refractivity contribution is 7.22. The molecule has 0 saturated carbocycles. The number of aromatic nitrogens is 1. The van der Waals surface area contributed by atoms with Gasteiger partial charge in [-0.15, -0.1) is 0 Å². The minimum atomic E-state index is -0.0777. The van der Waals surface area contributed by atoms with Gasteiger partial charge in [-0.3, -0.25) is 9.69 Å². The van der Waals surface area contributed by atoms with Crippen molar-refractivity contribution in [3.8, 4) is 11.5 Å². The van der Waals surface area contributed by atoms with Crippen LogP contribution >= 0.6 is 11.3 Å². The number of hydrogen-bond donors (Lipinski definition) is 0. The standard InChI is InChI=1S/C20H21N3O3S/c1-22(2)10-5-11-23(20-21-15-6-3-4-7-18(15)27-20)19(24)14-8-9-16-17(12-14)26-13-25-16/h3-4,6-9,12H,5,10-11,13H2,1-2H3. The summed E-state index contributed by atoms with van der Waals surface area (Å²) < 4.78 is 11.8. The second-order valence-corrected chi connectivity index (χ2v) is 7.65. The van der Waals surface area contributed by atoms with Gasteiger partial charge in [0, 0.05) is 12.1 Å². The fourth-order valence-corrected chi connectivity index (χ4v) is 3.98. The van der Waals surface area contributed by atoms with E-state index in [0.29, 0.717) is 23.6 Å². The van der Waals surface area contributed by atoms with Crippen LogP contribution in [0.3, 0.4) is 0 Å². The number of benzene rings is 2. The Morgan fingerprint density at radius 3 is 2.74 bits per heavy atom. The molecule has 27 heavy (non-hydrogen) atoms. The number of para-hydroxylation sites is 1. The summed E-state index contributed by atoms with van der Waals surface area (Å²) in [4.78, 5) is 21.8. The van der Waals surface area contributed by atoms with Crippen molar-refractivity contribution in [1.82, 2.24) is 9.88 Å². The van der Waals surface area contributed by atoms with Gasteiger partial charge in [0.15, 0.2) is 16.6 Å². The third kappa shape index (κ3) is 3.74. The molecule has 2 aromatic carbocycles. The zero-order valence-electron chi connectivity index (χ0n) is 15.3. The Morgan fingerprint density at radius 1 is 1.11 bits per heavy atom. The molecule has 0 aliphatic carbocycles. The van der Waals surface area contributed by atoms with E-state index in [2.05, 4.69) is 9.88 Å². The van der Waals surface area contributed by atoms with Gasteiger partial charge in [-0.25, -0.2) is 4.98 Å². The van der Waals surface area contributed by atoms with Crippen LogP contribution in [0.4, 0.5) is 5.13 Å². The molecule has 0 spiro atoms. The van der Waals surface area contributed by atoms with E-state index < -0.39 is 0 Å². The van der Waals surface area contributed by atoms with Crippen molar-refractivity contribution in [2.24, 2.45) is 0 Å². The van der Waals surface area contributed by atoms with Gasteiger partial charge in [0.2, 0.25) is 6.79 Å². The van der Waals surface area contributed by atoms with Crippen molar-refractivity contribution in [2.45, 2.75) is 6.42 Å². The lowest BCUT2D eigenvalue weighted by molar-refractivity contribution is 0.0985. The second kappa shape index (κ2) is 7.54. The highest BCUT2D eigenvalue weighted by Gasteiger charge is 2.23. The normalized spacial score (nSPS) is 12.7. The van der Waals surface area contributed by atoms with Crippen LogP contribution in [0, 0.1) is 0 Å². The van der Waals surface area contributed by atoms with Crippen molar-refractivity contribution in [3.63, 3.8) is 0 Å². The third-order valence-electron chi connectivity index (χ3n) is 4.37. The Kier molecular flexibility index (Phi) is 4.96. The van der Waals surface area contributed by atoms with Crippen LogP contribution in [0.5, 0.6) is 11.5 Å². The van der Waals surface area contributed by atoms with Gasteiger partial charge in [-0.2, -0.15) is 0 Å². The molecule has 0 bridgehead atoms. The minimum Gasteiger partial charge on any atom is -0.454 e. The van der Waals surface area contributed by atoms with Gasteiger partial charge in [-0.05, 0) is 57.4 Å². The van der Waals surface area contributed by atoms with Crippen molar-refractivity contribution >= 4 is 32.6 Å². The zero-order valence-corrected chi connectivity index (χ0v) is 16.2. The van der Waals surface area contributed by atoms with E-state index in [4.69, 9.17) is 9.47 Å². The van der Waals surface area contributed by atoms with E-state index in [0.717, 1.165) is 28.3 Å². The number of fused-ring (bicyclic) bond motifs is 2. The van der Waals surface area contributed by atoms with E-state index in [9.17, 15) is 4.79 Å². The molecule has 1 aromatic heterocycles. The molecule has 6 nitrogen and oxygen atoms in total. The fourth-order valence-electron chi connectivity index (χ4n) is 2.99. The van der Waals surface area contributed by atoms with E-state index in [1.807, 2.05) is 38.4 Å². The Hall–Kier alpha value is -2.64. The fraction of sp³-hybridized carbons (Fsp3) is 0.300. The lowest BCUT2D eigenvalue weighted by Crippen LogP contribution is -2.33. The molecular weight excluding hydrogens is 362 g/mol. The Labute approximate surface area is 161 Å². The molecule has 0 fully saturated rings. The molecule has 1 aliphatic rings. The average molecular weight is 383 g/mol. The lowest BCUT2D eigenvalue weighted by Gasteiger charge is -2.21. The van der Waals surface area contributed by atoms with Crippen LogP contribution < -0.4 is 14.4 Å². The second-order valence-electron chi connectivity index (χ2n) is 6.65. The predicted molar refractivity (Wildman–Crippen MR) is 107 cm³/mol. The Morgan fingerprint density at radius 2 is 1.93 bits per heavy atom. The van der Waals surface area contributed by atoms with Crippen LogP contribution in [0.15, 0.2) is 42.5 Å². The lowest BCUT2D eigenvalue weighted by atomic mass is 10.1. The van der Waals surface area contributed by atoms with Gasteiger partial charge in [0.1, 0.15) is 0 Å². The first-order chi connectivity index (χ1) is 13.1. The highest BCUT2D eigenvalue weighted by atomic mass is 32.1. The Bertz CT molecular complexity index is 937. The molecular formula is C20H21N3O3S. The van der Waals surface area contributed by atoms with Gasteiger partial charge in [0.25, 0.3) is 5.91 Å². The minimum absolute atomic E-state index is 0.0777. The smallest absolute Gasteiger partial charge is 0.260 e. The summed E-state index contributed by atoms with van der Waals surface area (Å²) in [6, 6.07) is 13.3. The van der Waals surface area contributed by atoms with Gasteiger partial charge in [-0.1, -0.05) is 23.5 Å². The summed E-state index contributed by atoms with van der Waals surface area (Å²) in [6.07, 6.45) is 0.860. The zero-order chi connectivity index (χ0) is 18.8. The molecule has 0 radical (unpaired) electrons. The first-order valence-corrected chi connectivity index (χ1v) is 9.65. The van der Waals surface area contributed by atoms with Crippen molar-refractivity contribution in [2.75, 3.05) is 38.9 Å². The average Bonchev–Trinajstić information content (AvgIpc) is 3.30. The van der Waals surface area contributed by atoms with E-state index in [1.54, 1.807) is 23.1 Å². The van der Waals surface area contributed by atoms with Crippen molar-refractivity contribution < 1.29 is 14.3 Å². The number of ether oxygens (including phenoxy) is 2. The molecule has 0 saturated heterocycles. The topological polar surface area (TPSA) is 54.9 Å². The number of carbonyl (C=O) groups excluding carboxylic acids is 1. The van der Waals surface area contributed by atoms with Crippen LogP contribution in [-0.4, -0.2) is 49.8 Å². The summed E-state index contributed by atoms with van der Waals surface area (Å²) in [6.45, 7) is 1.69. The number of rotatable bonds is 6. The highest BCUT2D eigenvalue weighted by Crippen LogP contribution is 2.34. The SMILES string of the molecule is CN(C)CCCN(C(=O)c1ccc2c(c1)OCO2)c1nc2ccccc2s1. The van der Waals surface area contributed by atoms with Gasteiger partial charge >= 0.3 is 0 Å². The molecule has 1 amide bonds. The Balaban J connectivity index is 1.65. The van der Waals surface area contributed by atoms with E-state index in [-0.39, 0.29) is 12.7 Å². The summed E-state index contributed by atoms with van der Waals surface area (Å²) in [5, 5.41) is 0.720. The van der Waals surface area contributed by atoms with Crippen LogP contribution in [0.25, 0.3) is 10.2 Å². The van der Waals surface area contributed by atoms with Crippen molar-refractivity contribution in [3.05, 3.63) is 48.0 Å². The number of anilines is 1. The molecule has 0 atom stereocenters. The molecule has 140 valence electrons. The third-order valence-corrected chi connectivity index (χ3v) is 5.42. The van der Waals surface area contributed by atoms with Crippen LogP contribution in [0.2, 0.25) is 0 Å². The monoisotopic (exact) mass is 383 g/mol. The maximum atomic E-state index is 13.3. The van der Waals surface area contributed by atoms with Crippen molar-refractivity contribution in [1.29, 1.82) is 0 Å².